The van der Waals surface area contributed by atoms with Crippen LogP contribution in [0.3, 0.4) is 0 Å². The molecule has 3 nitrogen and oxygen atoms in total. The predicted molar refractivity (Wildman–Crippen MR) is 89.6 cm³/mol. The van der Waals surface area contributed by atoms with Crippen LogP contribution in [0.15, 0.2) is 60.7 Å². The van der Waals surface area contributed by atoms with Gasteiger partial charge < -0.3 is 10.4 Å². The zero-order valence-corrected chi connectivity index (χ0v) is 13.1. The van der Waals surface area contributed by atoms with Crippen molar-refractivity contribution in [3.63, 3.8) is 0 Å². The van der Waals surface area contributed by atoms with Gasteiger partial charge in [0, 0.05) is 5.92 Å². The fourth-order valence-corrected chi connectivity index (χ4v) is 3.37. The topological polar surface area (TPSA) is 49.3 Å². The molecular formula is C18H20ClNO2. The Kier molecular flexibility index (Phi) is 5.22. The van der Waals surface area contributed by atoms with Crippen LogP contribution in [0.2, 0.25) is 0 Å². The molecule has 22 heavy (non-hydrogen) atoms. The highest BCUT2D eigenvalue weighted by Crippen LogP contribution is 2.40. The van der Waals surface area contributed by atoms with Crippen LogP contribution in [0, 0.1) is 0 Å². The van der Waals surface area contributed by atoms with E-state index in [-0.39, 0.29) is 18.3 Å². The smallest absolute Gasteiger partial charge is 0.324 e. The van der Waals surface area contributed by atoms with Gasteiger partial charge in [-0.25, -0.2) is 0 Å². The highest BCUT2D eigenvalue weighted by atomic mass is 35.5. The summed E-state index contributed by atoms with van der Waals surface area (Å²) in [5.41, 5.74) is 1.17. The first-order chi connectivity index (χ1) is 10.2. The van der Waals surface area contributed by atoms with Crippen LogP contribution in [0.5, 0.6) is 0 Å². The summed E-state index contributed by atoms with van der Waals surface area (Å²) in [4.78, 5) is 12.0. The molecule has 1 atom stereocenters. The average Bonchev–Trinajstić information content (AvgIpc) is 3.00. The first kappa shape index (κ1) is 16.5. The van der Waals surface area contributed by atoms with Crippen molar-refractivity contribution >= 4 is 18.4 Å². The molecule has 116 valence electrons. The van der Waals surface area contributed by atoms with Crippen LogP contribution in [0.1, 0.15) is 29.9 Å². The van der Waals surface area contributed by atoms with E-state index in [2.05, 4.69) is 5.32 Å². The molecule has 2 aromatic carbocycles. The summed E-state index contributed by atoms with van der Waals surface area (Å²) in [7, 11) is 0. The van der Waals surface area contributed by atoms with Gasteiger partial charge in [0.05, 0.1) is 0 Å². The lowest BCUT2D eigenvalue weighted by Crippen LogP contribution is -2.52. The standard InChI is InChI=1S/C18H19NO2.ClH/c20-17(21)18(12-7-13-19-18)16(14-8-3-1-4-9-14)15-10-5-2-6-11-15;/h1-6,8-11,16,19H,7,12-13H2,(H,20,21);1H/t18-;/m0./s1. The third-order valence-corrected chi connectivity index (χ3v) is 4.33. The SMILES string of the molecule is Cl.O=C(O)[C@@]1(C(c2ccccc2)c2ccccc2)CCCN1. The molecular weight excluding hydrogens is 298 g/mol. The van der Waals surface area contributed by atoms with Crippen molar-refractivity contribution in [2.45, 2.75) is 24.3 Å². The molecule has 2 N–H and O–H groups in total. The summed E-state index contributed by atoms with van der Waals surface area (Å²) in [5, 5.41) is 13.2. The highest BCUT2D eigenvalue weighted by Gasteiger charge is 2.49. The molecule has 2 aromatic rings. The van der Waals surface area contributed by atoms with E-state index in [0.717, 1.165) is 24.1 Å². The molecule has 0 aliphatic carbocycles. The van der Waals surface area contributed by atoms with Gasteiger partial charge in [0.15, 0.2) is 0 Å². The Balaban J connectivity index is 0.00000176. The molecule has 1 saturated heterocycles. The number of carbonyl (C=O) groups is 1. The normalized spacial score (nSPS) is 20.6. The van der Waals surface area contributed by atoms with E-state index in [1.807, 2.05) is 60.7 Å². The largest absolute Gasteiger partial charge is 0.480 e. The van der Waals surface area contributed by atoms with E-state index in [0.29, 0.717) is 6.42 Å². The molecule has 0 unspecified atom stereocenters. The summed E-state index contributed by atoms with van der Waals surface area (Å²) >= 11 is 0. The summed E-state index contributed by atoms with van der Waals surface area (Å²) in [6.07, 6.45) is 1.54. The van der Waals surface area contributed by atoms with Gasteiger partial charge in [-0.2, -0.15) is 0 Å². The van der Waals surface area contributed by atoms with Gasteiger partial charge in [-0.05, 0) is 30.5 Å². The average molecular weight is 318 g/mol. The quantitative estimate of drug-likeness (QED) is 0.908. The van der Waals surface area contributed by atoms with E-state index in [1.165, 1.54) is 0 Å². The molecule has 3 rings (SSSR count). The van der Waals surface area contributed by atoms with Crippen molar-refractivity contribution in [2.24, 2.45) is 0 Å². The summed E-state index contributed by atoms with van der Waals surface area (Å²) in [6, 6.07) is 19.9. The number of benzene rings is 2. The van der Waals surface area contributed by atoms with Gasteiger partial charge >= 0.3 is 5.97 Å². The Morgan fingerprint density at radius 3 is 1.86 bits per heavy atom. The highest BCUT2D eigenvalue weighted by molar-refractivity contribution is 5.85. The molecule has 1 fully saturated rings. The maximum atomic E-state index is 12.0. The van der Waals surface area contributed by atoms with Gasteiger partial charge in [-0.3, -0.25) is 4.79 Å². The van der Waals surface area contributed by atoms with Gasteiger partial charge in [0.1, 0.15) is 5.54 Å². The number of hydrogen-bond donors (Lipinski definition) is 2. The molecule has 0 amide bonds. The maximum Gasteiger partial charge on any atom is 0.324 e. The Hall–Kier alpha value is -1.84. The van der Waals surface area contributed by atoms with Crippen LogP contribution >= 0.6 is 12.4 Å². The monoisotopic (exact) mass is 317 g/mol. The van der Waals surface area contributed by atoms with Crippen molar-refractivity contribution in [1.82, 2.24) is 5.32 Å². The molecule has 4 heteroatoms. The first-order valence-corrected chi connectivity index (χ1v) is 7.32. The van der Waals surface area contributed by atoms with Crippen LogP contribution in [0.25, 0.3) is 0 Å². The van der Waals surface area contributed by atoms with Crippen LogP contribution in [-0.4, -0.2) is 23.2 Å². The third kappa shape index (κ3) is 2.87. The van der Waals surface area contributed by atoms with Crippen molar-refractivity contribution in [2.75, 3.05) is 6.54 Å². The second-order valence-corrected chi connectivity index (χ2v) is 5.56. The van der Waals surface area contributed by atoms with Gasteiger partial charge in [-0.15, -0.1) is 12.4 Å². The first-order valence-electron chi connectivity index (χ1n) is 7.32. The van der Waals surface area contributed by atoms with E-state index in [4.69, 9.17) is 0 Å². The molecule has 0 spiro atoms. The second-order valence-electron chi connectivity index (χ2n) is 5.56. The fraction of sp³-hybridized carbons (Fsp3) is 0.278. The minimum absolute atomic E-state index is 0. The van der Waals surface area contributed by atoms with Crippen molar-refractivity contribution < 1.29 is 9.90 Å². The summed E-state index contributed by atoms with van der Waals surface area (Å²) in [6.45, 7) is 0.752. The van der Waals surface area contributed by atoms with Crippen LogP contribution in [0.4, 0.5) is 0 Å². The Morgan fingerprint density at radius 1 is 1.00 bits per heavy atom. The van der Waals surface area contributed by atoms with Gasteiger partial charge in [0.25, 0.3) is 0 Å². The zero-order valence-electron chi connectivity index (χ0n) is 12.2. The lowest BCUT2D eigenvalue weighted by Gasteiger charge is -2.35. The number of hydrogen-bond acceptors (Lipinski definition) is 2. The number of nitrogens with one attached hydrogen (secondary N) is 1. The fourth-order valence-electron chi connectivity index (χ4n) is 3.37. The third-order valence-electron chi connectivity index (χ3n) is 4.33. The van der Waals surface area contributed by atoms with Crippen LogP contribution in [-0.2, 0) is 4.79 Å². The second kappa shape index (κ2) is 6.95. The molecule has 1 heterocycles. The molecule has 0 bridgehead atoms. The van der Waals surface area contributed by atoms with E-state index >= 15 is 0 Å². The lowest BCUT2D eigenvalue weighted by atomic mass is 9.74. The van der Waals surface area contributed by atoms with Crippen molar-refractivity contribution in [3.05, 3.63) is 71.8 Å². The minimum Gasteiger partial charge on any atom is -0.480 e. The van der Waals surface area contributed by atoms with E-state index < -0.39 is 11.5 Å². The predicted octanol–water partition coefficient (Wildman–Crippen LogP) is 3.45. The molecule has 0 saturated carbocycles. The Morgan fingerprint density at radius 2 is 1.50 bits per heavy atom. The Bertz CT molecular complexity index is 570. The van der Waals surface area contributed by atoms with Gasteiger partial charge in [-0.1, -0.05) is 60.7 Å². The van der Waals surface area contributed by atoms with Crippen molar-refractivity contribution in [3.8, 4) is 0 Å². The zero-order chi connectivity index (χ0) is 14.7. The maximum absolute atomic E-state index is 12.0. The number of carboxylic acid groups (broad SMARTS) is 1. The van der Waals surface area contributed by atoms with Crippen molar-refractivity contribution in [1.29, 1.82) is 0 Å². The van der Waals surface area contributed by atoms with E-state index in [9.17, 15) is 9.90 Å². The molecule has 1 aliphatic heterocycles. The Labute approximate surface area is 136 Å². The molecule has 0 aromatic heterocycles. The van der Waals surface area contributed by atoms with Gasteiger partial charge in [0.2, 0.25) is 0 Å². The molecule has 0 radical (unpaired) electrons. The number of rotatable bonds is 4. The summed E-state index contributed by atoms with van der Waals surface area (Å²) in [5.74, 6) is -0.947. The minimum atomic E-state index is -0.914. The lowest BCUT2D eigenvalue weighted by molar-refractivity contribution is -0.144. The van der Waals surface area contributed by atoms with Crippen LogP contribution < -0.4 is 5.32 Å². The number of carboxylic acids is 1. The number of aliphatic carboxylic acids is 1. The molecule has 1 aliphatic rings. The summed E-state index contributed by atoms with van der Waals surface area (Å²) < 4.78 is 0. The number of halogens is 1. The van der Waals surface area contributed by atoms with E-state index in [1.54, 1.807) is 0 Å².